The van der Waals surface area contributed by atoms with Crippen LogP contribution >= 0.6 is 34.2 Å². The van der Waals surface area contributed by atoms with Gasteiger partial charge in [0.1, 0.15) is 0 Å². The number of halogens is 2. The summed E-state index contributed by atoms with van der Waals surface area (Å²) in [6.45, 7) is 9.84. The molecule has 0 aromatic heterocycles. The highest BCUT2D eigenvalue weighted by atomic mass is 127. The van der Waals surface area contributed by atoms with Gasteiger partial charge < -0.3 is 10.2 Å². The lowest BCUT2D eigenvalue weighted by Gasteiger charge is -2.17. The van der Waals surface area contributed by atoms with E-state index in [9.17, 15) is 0 Å². The van der Waals surface area contributed by atoms with E-state index in [0.717, 1.165) is 34.8 Å². The van der Waals surface area contributed by atoms with Gasteiger partial charge in [0.25, 0.3) is 0 Å². The van der Waals surface area contributed by atoms with Gasteiger partial charge in [-0.3, -0.25) is 0 Å². The molecule has 0 aliphatic heterocycles. The molecular formula is C14H22ClIN2. The number of hydrogen-bond acceptors (Lipinski definition) is 2. The van der Waals surface area contributed by atoms with Crippen molar-refractivity contribution in [3.8, 4) is 0 Å². The fourth-order valence-electron chi connectivity index (χ4n) is 1.85. The predicted molar refractivity (Wildman–Crippen MR) is 88.3 cm³/mol. The van der Waals surface area contributed by atoms with Crippen LogP contribution < -0.4 is 5.32 Å². The summed E-state index contributed by atoms with van der Waals surface area (Å²) in [6.07, 6.45) is 1.19. The summed E-state index contributed by atoms with van der Waals surface area (Å²) in [6, 6.07) is 6.24. The summed E-state index contributed by atoms with van der Waals surface area (Å²) in [5, 5.41) is 4.31. The van der Waals surface area contributed by atoms with Crippen molar-refractivity contribution in [2.45, 2.75) is 26.8 Å². The van der Waals surface area contributed by atoms with Crippen molar-refractivity contribution in [1.29, 1.82) is 0 Å². The molecule has 0 aliphatic rings. The second-order valence-corrected chi connectivity index (χ2v) is 5.88. The minimum absolute atomic E-state index is 0.845. The SMILES string of the molecule is CCN(CC)CCCNCc1ccc(I)c(Cl)c1. The molecule has 0 heterocycles. The summed E-state index contributed by atoms with van der Waals surface area (Å²) in [7, 11) is 0. The summed E-state index contributed by atoms with van der Waals surface area (Å²) in [5.41, 5.74) is 1.25. The highest BCUT2D eigenvalue weighted by Gasteiger charge is 2.00. The number of benzene rings is 1. The molecule has 4 heteroatoms. The molecule has 1 N–H and O–H groups in total. The zero-order chi connectivity index (χ0) is 13.4. The highest BCUT2D eigenvalue weighted by Crippen LogP contribution is 2.19. The van der Waals surface area contributed by atoms with E-state index >= 15 is 0 Å². The van der Waals surface area contributed by atoms with E-state index in [2.05, 4.69) is 58.8 Å². The molecule has 0 amide bonds. The zero-order valence-electron chi connectivity index (χ0n) is 11.2. The Hall–Kier alpha value is 0.160. The molecular weight excluding hydrogens is 359 g/mol. The quantitative estimate of drug-likeness (QED) is 0.545. The van der Waals surface area contributed by atoms with Gasteiger partial charge in [-0.15, -0.1) is 0 Å². The molecule has 0 unspecified atom stereocenters. The molecule has 1 rings (SSSR count). The van der Waals surface area contributed by atoms with Gasteiger partial charge in [-0.05, 0) is 72.9 Å². The van der Waals surface area contributed by atoms with Crippen LogP contribution in [0.4, 0.5) is 0 Å². The molecule has 0 bridgehead atoms. The molecule has 102 valence electrons. The van der Waals surface area contributed by atoms with E-state index < -0.39 is 0 Å². The first-order valence-corrected chi connectivity index (χ1v) is 8.00. The number of nitrogens with zero attached hydrogens (tertiary/aromatic N) is 1. The van der Waals surface area contributed by atoms with Crippen LogP contribution in [0.3, 0.4) is 0 Å². The lowest BCUT2D eigenvalue weighted by Crippen LogP contribution is -2.27. The average Bonchev–Trinajstić information content (AvgIpc) is 2.38. The van der Waals surface area contributed by atoms with Crippen LogP contribution in [-0.4, -0.2) is 31.1 Å². The second kappa shape index (κ2) is 9.13. The molecule has 0 atom stereocenters. The van der Waals surface area contributed by atoms with Crippen molar-refractivity contribution < 1.29 is 0 Å². The average molecular weight is 381 g/mol. The predicted octanol–water partition coefficient (Wildman–Crippen LogP) is 3.77. The molecule has 1 aromatic rings. The molecule has 0 radical (unpaired) electrons. The van der Waals surface area contributed by atoms with Gasteiger partial charge >= 0.3 is 0 Å². The minimum atomic E-state index is 0.845. The lowest BCUT2D eigenvalue weighted by atomic mass is 10.2. The third-order valence-electron chi connectivity index (χ3n) is 3.04. The number of nitrogens with one attached hydrogen (secondary N) is 1. The largest absolute Gasteiger partial charge is 0.313 e. The fraction of sp³-hybridized carbons (Fsp3) is 0.571. The Morgan fingerprint density at radius 1 is 1.28 bits per heavy atom. The van der Waals surface area contributed by atoms with Crippen molar-refractivity contribution in [2.75, 3.05) is 26.2 Å². The van der Waals surface area contributed by atoms with Crippen LogP contribution in [0.25, 0.3) is 0 Å². The van der Waals surface area contributed by atoms with Crippen LogP contribution in [-0.2, 0) is 6.54 Å². The molecule has 0 aliphatic carbocycles. The van der Waals surface area contributed by atoms with Crippen molar-refractivity contribution in [3.63, 3.8) is 0 Å². The summed E-state index contributed by atoms with van der Waals surface area (Å²) >= 11 is 8.34. The smallest absolute Gasteiger partial charge is 0.0542 e. The van der Waals surface area contributed by atoms with Crippen molar-refractivity contribution >= 4 is 34.2 Å². The fourth-order valence-corrected chi connectivity index (χ4v) is 2.39. The maximum absolute atomic E-state index is 6.09. The molecule has 1 aromatic carbocycles. The molecule has 0 saturated carbocycles. The van der Waals surface area contributed by atoms with Gasteiger partial charge in [0.05, 0.1) is 5.02 Å². The Morgan fingerprint density at radius 3 is 2.61 bits per heavy atom. The van der Waals surface area contributed by atoms with Gasteiger partial charge in [0.2, 0.25) is 0 Å². The third-order valence-corrected chi connectivity index (χ3v) is 4.61. The Bertz CT molecular complexity index is 354. The minimum Gasteiger partial charge on any atom is -0.313 e. The standard InChI is InChI=1S/C14H22ClIN2/c1-3-18(4-2)9-5-8-17-11-12-6-7-14(16)13(15)10-12/h6-7,10,17H,3-5,8-9,11H2,1-2H3. The van der Waals surface area contributed by atoms with Crippen molar-refractivity contribution in [3.05, 3.63) is 32.4 Å². The van der Waals surface area contributed by atoms with Gasteiger partial charge in [0.15, 0.2) is 0 Å². The maximum atomic E-state index is 6.09. The topological polar surface area (TPSA) is 15.3 Å². The third kappa shape index (κ3) is 5.87. The zero-order valence-corrected chi connectivity index (χ0v) is 14.1. The van der Waals surface area contributed by atoms with E-state index in [-0.39, 0.29) is 0 Å². The molecule has 0 spiro atoms. The Labute approximate surface area is 129 Å². The Morgan fingerprint density at radius 2 is 2.00 bits per heavy atom. The van der Waals surface area contributed by atoms with Gasteiger partial charge in [-0.2, -0.15) is 0 Å². The summed E-state index contributed by atoms with van der Waals surface area (Å²) in [5.74, 6) is 0. The van der Waals surface area contributed by atoms with E-state index in [1.165, 1.54) is 18.5 Å². The number of rotatable bonds is 8. The van der Waals surface area contributed by atoms with Gasteiger partial charge in [-0.1, -0.05) is 31.5 Å². The van der Waals surface area contributed by atoms with Crippen LogP contribution in [0.15, 0.2) is 18.2 Å². The second-order valence-electron chi connectivity index (χ2n) is 4.31. The summed E-state index contributed by atoms with van der Waals surface area (Å²) < 4.78 is 1.11. The normalized spacial score (nSPS) is 11.2. The van der Waals surface area contributed by atoms with E-state index in [1.807, 2.05) is 6.07 Å². The van der Waals surface area contributed by atoms with Crippen molar-refractivity contribution in [2.24, 2.45) is 0 Å². The van der Waals surface area contributed by atoms with Crippen LogP contribution in [0, 0.1) is 3.57 Å². The first-order chi connectivity index (χ1) is 8.67. The van der Waals surface area contributed by atoms with Crippen LogP contribution in [0.5, 0.6) is 0 Å². The molecule has 18 heavy (non-hydrogen) atoms. The van der Waals surface area contributed by atoms with Crippen molar-refractivity contribution in [1.82, 2.24) is 10.2 Å². The first-order valence-electron chi connectivity index (χ1n) is 6.54. The molecule has 2 nitrogen and oxygen atoms in total. The van der Waals surface area contributed by atoms with E-state index in [0.29, 0.717) is 0 Å². The summed E-state index contributed by atoms with van der Waals surface area (Å²) in [4.78, 5) is 2.45. The van der Waals surface area contributed by atoms with Crippen LogP contribution in [0.2, 0.25) is 5.02 Å². The Balaban J connectivity index is 2.19. The van der Waals surface area contributed by atoms with Gasteiger partial charge in [-0.25, -0.2) is 0 Å². The van der Waals surface area contributed by atoms with E-state index in [1.54, 1.807) is 0 Å². The molecule has 0 fully saturated rings. The Kier molecular flexibility index (Phi) is 8.22. The maximum Gasteiger partial charge on any atom is 0.0542 e. The van der Waals surface area contributed by atoms with Crippen LogP contribution in [0.1, 0.15) is 25.8 Å². The lowest BCUT2D eigenvalue weighted by molar-refractivity contribution is 0.298. The highest BCUT2D eigenvalue weighted by molar-refractivity contribution is 14.1. The monoisotopic (exact) mass is 380 g/mol. The number of hydrogen-bond donors (Lipinski definition) is 1. The van der Waals surface area contributed by atoms with Gasteiger partial charge in [0, 0.05) is 10.1 Å². The van der Waals surface area contributed by atoms with E-state index in [4.69, 9.17) is 11.6 Å². The molecule has 0 saturated heterocycles. The first kappa shape index (κ1) is 16.2.